The number of hydrogen-bond donors (Lipinski definition) is 1. The molecule has 0 aliphatic carbocycles. The minimum Gasteiger partial charge on any atom is -0.472 e. The first-order chi connectivity index (χ1) is 4.79. The first-order valence-corrected chi connectivity index (χ1v) is 3.27. The monoisotopic (exact) mass is 153 g/mol. The van der Waals surface area contributed by atoms with Crippen molar-refractivity contribution in [2.24, 2.45) is 0 Å². The van der Waals surface area contributed by atoms with Crippen molar-refractivity contribution in [2.45, 2.75) is 0 Å². The van der Waals surface area contributed by atoms with Crippen molar-refractivity contribution in [3.05, 3.63) is 17.1 Å². The fraction of sp³-hybridized carbons (Fsp3) is 0. The van der Waals surface area contributed by atoms with E-state index < -0.39 is 5.97 Å². The van der Waals surface area contributed by atoms with Crippen LogP contribution in [0.2, 0.25) is 0 Å². The summed E-state index contributed by atoms with van der Waals surface area (Å²) in [4.78, 5) is 9.90. The molecule has 10 heavy (non-hydrogen) atoms. The van der Waals surface area contributed by atoms with Crippen molar-refractivity contribution in [1.29, 1.82) is 0 Å². The Labute approximate surface area is 61.5 Å². The van der Waals surface area contributed by atoms with Crippen molar-refractivity contribution in [2.75, 3.05) is 0 Å². The van der Waals surface area contributed by atoms with Gasteiger partial charge < -0.3 is 5.11 Å². The lowest BCUT2D eigenvalue weighted by Crippen LogP contribution is -1.86. The van der Waals surface area contributed by atoms with E-state index in [1.165, 1.54) is 17.7 Å². The fourth-order valence-electron chi connectivity index (χ4n) is 0.392. The maximum atomic E-state index is 9.90. The van der Waals surface area contributed by atoms with Crippen molar-refractivity contribution < 1.29 is 9.90 Å². The molecule has 0 spiro atoms. The molecule has 3 nitrogen and oxygen atoms in total. The number of carboxylic acids is 1. The zero-order chi connectivity index (χ0) is 7.40. The number of carbonyl (C=O) groups is 1. The van der Waals surface area contributed by atoms with Crippen LogP contribution in [0.3, 0.4) is 0 Å². The zero-order valence-electron chi connectivity index (χ0n) is 4.87. The Hall–Kier alpha value is -1.34. The quantitative estimate of drug-likeness (QED) is 0.554. The molecule has 0 fully saturated rings. The Bertz CT molecular complexity index is 280. The average molecular weight is 153 g/mol. The molecule has 0 unspecified atom stereocenters. The van der Waals surface area contributed by atoms with Gasteiger partial charge in [-0.05, 0) is 11.5 Å². The smallest absolute Gasteiger partial charge is 0.382 e. The van der Waals surface area contributed by atoms with Crippen molar-refractivity contribution in [3.8, 4) is 11.8 Å². The molecule has 0 aliphatic rings. The summed E-state index contributed by atoms with van der Waals surface area (Å²) in [6.07, 6.45) is 1.53. The van der Waals surface area contributed by atoms with Gasteiger partial charge in [-0.25, -0.2) is 4.79 Å². The Morgan fingerprint density at radius 1 is 1.80 bits per heavy atom. The van der Waals surface area contributed by atoms with Gasteiger partial charge >= 0.3 is 5.97 Å². The standard InChI is InChI=1S/C6H3NO2S/c8-6(9)2-1-5-3-7-10-4-5/h3-4H,(H,8,9). The predicted molar refractivity (Wildman–Crippen MR) is 36.6 cm³/mol. The molecule has 1 aromatic heterocycles. The Balaban J connectivity index is 2.75. The molecule has 0 aliphatic heterocycles. The van der Waals surface area contributed by atoms with Gasteiger partial charge in [0.05, 0.1) is 11.8 Å². The van der Waals surface area contributed by atoms with Gasteiger partial charge in [0.2, 0.25) is 0 Å². The third kappa shape index (κ3) is 1.88. The highest BCUT2D eigenvalue weighted by molar-refractivity contribution is 7.03. The summed E-state index contributed by atoms with van der Waals surface area (Å²) in [6.45, 7) is 0. The van der Waals surface area contributed by atoms with Crippen LogP contribution < -0.4 is 0 Å². The minimum absolute atomic E-state index is 0.646. The lowest BCUT2D eigenvalue weighted by atomic mass is 10.4. The van der Waals surface area contributed by atoms with E-state index in [2.05, 4.69) is 10.3 Å². The number of aliphatic carboxylic acids is 1. The van der Waals surface area contributed by atoms with Gasteiger partial charge in [-0.15, -0.1) is 0 Å². The summed E-state index contributed by atoms with van der Waals surface area (Å²) in [6, 6.07) is 0. The molecule has 0 atom stereocenters. The SMILES string of the molecule is O=C(O)C#Cc1cnsc1. The molecule has 4 heteroatoms. The third-order valence-corrected chi connectivity index (χ3v) is 1.33. The molecule has 0 radical (unpaired) electrons. The summed E-state index contributed by atoms with van der Waals surface area (Å²) in [5, 5.41) is 9.81. The molecule has 1 rings (SSSR count). The second kappa shape index (κ2) is 2.99. The molecular formula is C6H3NO2S. The second-order valence-electron chi connectivity index (χ2n) is 1.47. The van der Waals surface area contributed by atoms with Crippen LogP contribution in [0.25, 0.3) is 0 Å². The van der Waals surface area contributed by atoms with E-state index in [4.69, 9.17) is 5.11 Å². The zero-order valence-corrected chi connectivity index (χ0v) is 5.68. The summed E-state index contributed by atoms with van der Waals surface area (Å²) in [7, 11) is 0. The highest BCUT2D eigenvalue weighted by Gasteiger charge is 1.87. The molecule has 0 amide bonds. The highest BCUT2D eigenvalue weighted by Crippen LogP contribution is 1.97. The normalized spacial score (nSPS) is 8.00. The van der Waals surface area contributed by atoms with Crippen LogP contribution in [0.1, 0.15) is 5.56 Å². The molecule has 50 valence electrons. The molecular weight excluding hydrogens is 150 g/mol. The minimum atomic E-state index is -1.12. The Morgan fingerprint density at radius 2 is 2.60 bits per heavy atom. The van der Waals surface area contributed by atoms with Crippen LogP contribution in [0.15, 0.2) is 11.6 Å². The number of aromatic nitrogens is 1. The summed E-state index contributed by atoms with van der Waals surface area (Å²) in [5.41, 5.74) is 0.646. The van der Waals surface area contributed by atoms with Crippen LogP contribution >= 0.6 is 11.5 Å². The van der Waals surface area contributed by atoms with E-state index >= 15 is 0 Å². The van der Waals surface area contributed by atoms with Crippen LogP contribution in [0.4, 0.5) is 0 Å². The molecule has 0 saturated carbocycles. The van der Waals surface area contributed by atoms with E-state index in [0.29, 0.717) is 5.56 Å². The van der Waals surface area contributed by atoms with E-state index in [-0.39, 0.29) is 0 Å². The van der Waals surface area contributed by atoms with Crippen LogP contribution in [0, 0.1) is 11.8 Å². The van der Waals surface area contributed by atoms with Gasteiger partial charge in [-0.2, -0.15) is 4.37 Å². The average Bonchev–Trinajstić information content (AvgIpc) is 2.34. The van der Waals surface area contributed by atoms with Crippen LogP contribution in [-0.2, 0) is 4.79 Å². The molecule has 1 N–H and O–H groups in total. The van der Waals surface area contributed by atoms with Gasteiger partial charge in [0, 0.05) is 11.3 Å². The van der Waals surface area contributed by atoms with Crippen molar-refractivity contribution in [3.63, 3.8) is 0 Å². The van der Waals surface area contributed by atoms with Gasteiger partial charge in [-0.3, -0.25) is 0 Å². The number of rotatable bonds is 0. The lowest BCUT2D eigenvalue weighted by molar-refractivity contribution is -0.130. The first-order valence-electron chi connectivity index (χ1n) is 2.43. The van der Waals surface area contributed by atoms with E-state index in [1.807, 2.05) is 5.92 Å². The summed E-state index contributed by atoms with van der Waals surface area (Å²) in [5.74, 6) is 3.28. The largest absolute Gasteiger partial charge is 0.472 e. The molecule has 1 aromatic rings. The maximum Gasteiger partial charge on any atom is 0.382 e. The number of carboxylic acid groups (broad SMARTS) is 1. The van der Waals surface area contributed by atoms with Crippen LogP contribution in [-0.4, -0.2) is 15.4 Å². The van der Waals surface area contributed by atoms with E-state index in [9.17, 15) is 4.79 Å². The first kappa shape index (κ1) is 6.78. The second-order valence-corrected chi connectivity index (χ2v) is 2.13. The van der Waals surface area contributed by atoms with Gasteiger partial charge in [-0.1, -0.05) is 5.92 Å². The maximum absolute atomic E-state index is 9.90. The third-order valence-electron chi connectivity index (χ3n) is 0.746. The fourth-order valence-corrected chi connectivity index (χ4v) is 0.861. The number of nitrogens with zero attached hydrogens (tertiary/aromatic N) is 1. The molecule has 0 aromatic carbocycles. The number of hydrogen-bond acceptors (Lipinski definition) is 3. The lowest BCUT2D eigenvalue weighted by Gasteiger charge is -1.71. The molecule has 1 heterocycles. The van der Waals surface area contributed by atoms with Crippen LogP contribution in [0.5, 0.6) is 0 Å². The summed E-state index contributed by atoms with van der Waals surface area (Å²) >= 11 is 1.25. The topological polar surface area (TPSA) is 50.2 Å². The van der Waals surface area contributed by atoms with E-state index in [0.717, 1.165) is 0 Å². The Kier molecular flexibility index (Phi) is 2.03. The van der Waals surface area contributed by atoms with Crippen molar-refractivity contribution >= 4 is 17.5 Å². The van der Waals surface area contributed by atoms with Crippen molar-refractivity contribution in [1.82, 2.24) is 4.37 Å². The molecule has 0 bridgehead atoms. The summed E-state index contributed by atoms with van der Waals surface area (Å²) < 4.78 is 3.75. The highest BCUT2D eigenvalue weighted by atomic mass is 32.1. The molecule has 0 saturated heterocycles. The van der Waals surface area contributed by atoms with Gasteiger partial charge in [0.1, 0.15) is 0 Å². The predicted octanol–water partition coefficient (Wildman–Crippen LogP) is 0.579. The van der Waals surface area contributed by atoms with E-state index in [1.54, 1.807) is 5.38 Å². The van der Waals surface area contributed by atoms with Gasteiger partial charge in [0.25, 0.3) is 0 Å². The van der Waals surface area contributed by atoms with Gasteiger partial charge in [0.15, 0.2) is 0 Å². The Morgan fingerprint density at radius 3 is 3.10 bits per heavy atom.